The van der Waals surface area contributed by atoms with Crippen molar-refractivity contribution in [2.24, 2.45) is 0 Å². The second-order valence-electron chi connectivity index (χ2n) is 4.77. The Hall–Kier alpha value is 0.156. The number of hydrogen-bond donors (Lipinski definition) is 0. The molecule has 3 nitrogen and oxygen atoms in total. The summed E-state index contributed by atoms with van der Waals surface area (Å²) in [7, 11) is 5.42. The van der Waals surface area contributed by atoms with E-state index in [1.807, 2.05) is 32.9 Å². The van der Waals surface area contributed by atoms with Crippen LogP contribution in [0.1, 0.15) is 27.2 Å². The van der Waals surface area contributed by atoms with Crippen LogP contribution in [0.5, 0.6) is 0 Å². The summed E-state index contributed by atoms with van der Waals surface area (Å²) in [5, 5.41) is -7.39. The predicted molar refractivity (Wildman–Crippen MR) is 105 cm³/mol. The van der Waals surface area contributed by atoms with Crippen molar-refractivity contribution in [1.29, 1.82) is 0 Å². The monoisotopic (exact) mass is 610 g/mol. The minimum atomic E-state index is -7.10. The van der Waals surface area contributed by atoms with E-state index in [-0.39, 0.29) is 26.2 Å². The molecule has 0 atom stereocenters. The summed E-state index contributed by atoms with van der Waals surface area (Å²) in [5.74, 6) is 0. The predicted octanol–water partition coefficient (Wildman–Crippen LogP) is 7.12. The van der Waals surface area contributed by atoms with Gasteiger partial charge < -0.3 is 16.0 Å². The summed E-state index contributed by atoms with van der Waals surface area (Å²) in [6.45, 7) is 8.88. The molecule has 0 saturated carbocycles. The fourth-order valence-corrected chi connectivity index (χ4v) is 2.85. The second-order valence-corrected chi connectivity index (χ2v) is 9.91. The van der Waals surface area contributed by atoms with Gasteiger partial charge in [-0.05, 0) is 0 Å². The molecule has 0 amide bonds. The van der Waals surface area contributed by atoms with Crippen LogP contribution in [0, 0.1) is 6.08 Å². The second kappa shape index (κ2) is 24.8. The molecule has 183 valence electrons. The normalized spacial score (nSPS) is 12.1. The van der Waals surface area contributed by atoms with E-state index in [9.17, 15) is 39.5 Å². The van der Waals surface area contributed by atoms with Crippen LogP contribution in [0.2, 0.25) is 0 Å². The van der Waals surface area contributed by atoms with Gasteiger partial charge in [-0.3, -0.25) is 6.08 Å². The molecule has 0 N–H and O–H groups in total. The SMILES string of the molecule is CC[N-]C.CC[N-]C.CC[N-]C.F[C](F)(F)[Ge]([C](F)(F)F)[C](F)(F)F.[C-]1=CC=CC1.[Zr+4]. The van der Waals surface area contributed by atoms with Gasteiger partial charge in [0.1, 0.15) is 0 Å². The third kappa shape index (κ3) is 34.9. The third-order valence-corrected chi connectivity index (χ3v) is 5.95. The summed E-state index contributed by atoms with van der Waals surface area (Å²) in [6, 6.07) is 0. The Morgan fingerprint density at radius 3 is 1.00 bits per heavy atom. The first kappa shape index (κ1) is 41.4. The van der Waals surface area contributed by atoms with Crippen LogP contribution in [0.15, 0.2) is 18.2 Å². The first-order chi connectivity index (χ1) is 13.6. The van der Waals surface area contributed by atoms with E-state index in [1.165, 1.54) is 0 Å². The number of rotatable bonds is 3. The molecule has 0 bridgehead atoms. The van der Waals surface area contributed by atoms with Crippen LogP contribution >= 0.6 is 0 Å². The molecule has 0 spiro atoms. The minimum absolute atomic E-state index is 0. The van der Waals surface area contributed by atoms with Gasteiger partial charge in [-0.25, -0.2) is 12.2 Å². The Morgan fingerprint density at radius 2 is 0.968 bits per heavy atom. The maximum Gasteiger partial charge on any atom is 4.00 e. The van der Waals surface area contributed by atoms with Gasteiger partial charge in [-0.15, -0.1) is 6.42 Å². The van der Waals surface area contributed by atoms with E-state index < -0.39 is 29.4 Å². The maximum absolute atomic E-state index is 11.3. The van der Waals surface area contributed by atoms with Crippen molar-refractivity contribution in [3.63, 3.8) is 0 Å². The van der Waals surface area contributed by atoms with Crippen LogP contribution in [-0.4, -0.2) is 70.2 Å². The summed E-state index contributed by atoms with van der Waals surface area (Å²) in [4.78, 5) is 0. The molecular formula is C17H29F9GeN3Zr. The van der Waals surface area contributed by atoms with Crippen LogP contribution in [0.4, 0.5) is 39.5 Å². The first-order valence-electron chi connectivity index (χ1n) is 8.58. The number of hydrogen-bond acceptors (Lipinski definition) is 0. The van der Waals surface area contributed by atoms with Gasteiger partial charge >= 0.3 is 95.1 Å². The molecule has 31 heavy (non-hydrogen) atoms. The van der Waals surface area contributed by atoms with Crippen molar-refractivity contribution in [3.05, 3.63) is 40.3 Å². The Balaban J connectivity index is -0.000000103. The van der Waals surface area contributed by atoms with Crippen molar-refractivity contribution in [3.8, 4) is 0 Å². The van der Waals surface area contributed by atoms with Gasteiger partial charge in [0.15, 0.2) is 0 Å². The fraction of sp³-hybridized carbons (Fsp3) is 0.765. The molecule has 14 heteroatoms. The van der Waals surface area contributed by atoms with E-state index in [4.69, 9.17) is 0 Å². The first-order valence-corrected chi connectivity index (χ1v) is 11.7. The molecular weight excluding hydrogens is 581 g/mol. The van der Waals surface area contributed by atoms with Crippen molar-refractivity contribution >= 4 is 14.3 Å². The number of allylic oxidation sites excluding steroid dienone is 4. The Kier molecular flexibility index (Phi) is 33.1. The van der Waals surface area contributed by atoms with Crippen molar-refractivity contribution in [1.82, 2.24) is 0 Å². The van der Waals surface area contributed by atoms with Crippen LogP contribution < -0.4 is 0 Å². The zero-order valence-corrected chi connectivity index (χ0v) is 22.9. The summed E-state index contributed by atoms with van der Waals surface area (Å²) in [6.07, 6.45) is 10.0. The van der Waals surface area contributed by atoms with E-state index in [2.05, 4.69) is 28.1 Å². The van der Waals surface area contributed by atoms with Gasteiger partial charge in [0.25, 0.3) is 0 Å². The van der Waals surface area contributed by atoms with Gasteiger partial charge in [-0.2, -0.15) is 46.9 Å². The molecule has 0 unspecified atom stereocenters. The standard InChI is InChI=1S/C5H5.C3F9Ge.3C3H8N.Zr/c1-2-4-5-3-1;4-1(5,6)13(2(7,8)9)3(10,11)12;3*1-3-4-2;/h1-3H,4H2;;3*3H2,1-2H3;/q-1;;3*-1;+4. The number of nitrogens with zero attached hydrogens (tertiary/aromatic N) is 3. The Labute approximate surface area is 202 Å². The van der Waals surface area contributed by atoms with E-state index in [0.29, 0.717) is 0 Å². The Bertz CT molecular complexity index is 354. The van der Waals surface area contributed by atoms with Gasteiger partial charge in [0.05, 0.1) is 0 Å². The molecule has 0 aromatic heterocycles. The van der Waals surface area contributed by atoms with Crippen molar-refractivity contribution in [2.45, 2.75) is 42.2 Å². The van der Waals surface area contributed by atoms with Gasteiger partial charge in [0, 0.05) is 0 Å². The average Bonchev–Trinajstić information content (AvgIpc) is 3.18. The molecule has 0 fully saturated rings. The molecule has 1 aliphatic carbocycles. The molecule has 0 saturated heterocycles. The Morgan fingerprint density at radius 1 is 0.710 bits per heavy atom. The zero-order valence-electron chi connectivity index (χ0n) is 18.3. The summed E-state index contributed by atoms with van der Waals surface area (Å²) in [5.41, 5.74) is 0. The zero-order chi connectivity index (χ0) is 24.9. The van der Waals surface area contributed by atoms with Crippen molar-refractivity contribution < 1.29 is 65.7 Å². The fourth-order valence-electron chi connectivity index (χ4n) is 0.822. The van der Waals surface area contributed by atoms with Crippen LogP contribution in [0.25, 0.3) is 16.0 Å². The van der Waals surface area contributed by atoms with E-state index in [0.717, 1.165) is 26.1 Å². The number of halogens is 9. The molecule has 0 heterocycles. The molecule has 1 rings (SSSR count). The van der Waals surface area contributed by atoms with E-state index >= 15 is 0 Å². The van der Waals surface area contributed by atoms with Crippen LogP contribution in [-0.2, 0) is 26.2 Å². The topological polar surface area (TPSA) is 42.3 Å². The molecule has 1 radical (unpaired) electrons. The average molecular weight is 610 g/mol. The summed E-state index contributed by atoms with van der Waals surface area (Å²) >= 11 is -7.10. The maximum atomic E-state index is 11.3. The minimum Gasteiger partial charge on any atom is -0.273 e. The largest absolute Gasteiger partial charge is 4.00 e. The number of alkyl halides is 9. The smallest absolute Gasteiger partial charge is 0.273 e. The molecule has 0 aromatic rings. The van der Waals surface area contributed by atoms with E-state index in [1.54, 1.807) is 21.1 Å². The summed E-state index contributed by atoms with van der Waals surface area (Å²) < 4.78 is 102. The molecule has 0 aromatic carbocycles. The molecule has 1 aliphatic rings. The quantitative estimate of drug-likeness (QED) is 0.186. The van der Waals surface area contributed by atoms with Gasteiger partial charge in [-0.1, -0.05) is 20.8 Å². The molecule has 0 aliphatic heterocycles. The third-order valence-electron chi connectivity index (χ3n) is 2.38. The van der Waals surface area contributed by atoms with Crippen molar-refractivity contribution in [2.75, 3.05) is 40.8 Å². The van der Waals surface area contributed by atoms with Gasteiger partial charge in [0.2, 0.25) is 0 Å². The van der Waals surface area contributed by atoms with Crippen LogP contribution in [0.3, 0.4) is 0 Å².